The summed E-state index contributed by atoms with van der Waals surface area (Å²) in [7, 11) is 4.42. The molecule has 1 aromatic rings. The Labute approximate surface area is 121 Å². The van der Waals surface area contributed by atoms with E-state index in [9.17, 15) is 14.4 Å². The predicted molar refractivity (Wildman–Crippen MR) is 74.0 cm³/mol. The summed E-state index contributed by atoms with van der Waals surface area (Å²) in [6.07, 6.45) is 0. The summed E-state index contributed by atoms with van der Waals surface area (Å²) in [5.41, 5.74) is 0.0606. The number of esters is 2. The maximum atomic E-state index is 11.8. The second kappa shape index (κ2) is 6.95. The van der Waals surface area contributed by atoms with Gasteiger partial charge in [-0.2, -0.15) is 0 Å². The average Bonchev–Trinajstić information content (AvgIpc) is 2.37. The van der Waals surface area contributed by atoms with Crippen LogP contribution in [0.5, 0.6) is 5.75 Å². The molecule has 0 radical (unpaired) electrons. The van der Waals surface area contributed by atoms with Gasteiger partial charge >= 0.3 is 11.9 Å². The second-order valence-electron chi connectivity index (χ2n) is 3.98. The van der Waals surface area contributed by atoms with E-state index in [1.54, 1.807) is 26.2 Å². The Morgan fingerprint density at radius 2 is 1.85 bits per heavy atom. The molecule has 0 aromatic heterocycles. The number of rotatable bonds is 3. The zero-order valence-corrected chi connectivity index (χ0v) is 12.4. The zero-order valence-electron chi connectivity index (χ0n) is 11.6. The minimum atomic E-state index is -0.670. The Hall–Kier alpha value is -2.02. The largest absolute Gasteiger partial charge is 0.465 e. The van der Waals surface area contributed by atoms with Crippen LogP contribution in [0, 0.1) is 0 Å². The first kappa shape index (κ1) is 16.0. The number of carbonyl (C=O) groups excluding carboxylic acids is 3. The van der Waals surface area contributed by atoms with Gasteiger partial charge in [-0.25, -0.2) is 4.79 Å². The minimum Gasteiger partial charge on any atom is -0.465 e. The van der Waals surface area contributed by atoms with Crippen LogP contribution >= 0.6 is 11.8 Å². The highest BCUT2D eigenvalue weighted by Crippen LogP contribution is 2.32. The number of nitrogens with zero attached hydrogens (tertiary/aromatic N) is 1. The summed E-state index contributed by atoms with van der Waals surface area (Å²) in [4.78, 5) is 36.4. The highest BCUT2D eigenvalue weighted by Gasteiger charge is 2.22. The van der Waals surface area contributed by atoms with Gasteiger partial charge in [0.25, 0.3) is 5.24 Å². The molecule has 6 nitrogen and oxygen atoms in total. The number of hydrogen-bond acceptors (Lipinski definition) is 6. The van der Waals surface area contributed by atoms with Gasteiger partial charge in [-0.15, -0.1) is 0 Å². The van der Waals surface area contributed by atoms with E-state index in [0.29, 0.717) is 4.90 Å². The minimum absolute atomic E-state index is 0.0606. The normalized spacial score (nSPS) is 9.80. The van der Waals surface area contributed by atoms with Gasteiger partial charge < -0.3 is 14.4 Å². The lowest BCUT2D eigenvalue weighted by Gasteiger charge is -2.13. The van der Waals surface area contributed by atoms with Gasteiger partial charge in [-0.3, -0.25) is 9.59 Å². The van der Waals surface area contributed by atoms with Crippen molar-refractivity contribution in [3.05, 3.63) is 23.8 Å². The molecule has 0 fully saturated rings. The molecule has 0 bridgehead atoms. The lowest BCUT2D eigenvalue weighted by atomic mass is 10.2. The molecule has 1 amide bonds. The van der Waals surface area contributed by atoms with E-state index >= 15 is 0 Å². The number of thioether (sulfide) groups is 1. The van der Waals surface area contributed by atoms with E-state index in [4.69, 9.17) is 4.74 Å². The fraction of sp³-hybridized carbons (Fsp3) is 0.308. The molecule has 0 aliphatic heterocycles. The molecule has 0 aliphatic carbocycles. The van der Waals surface area contributed by atoms with Crippen LogP contribution in [0.15, 0.2) is 23.1 Å². The van der Waals surface area contributed by atoms with Gasteiger partial charge in [0.05, 0.1) is 7.11 Å². The molecule has 0 saturated carbocycles. The summed E-state index contributed by atoms with van der Waals surface area (Å²) in [6, 6.07) is 4.65. The van der Waals surface area contributed by atoms with Crippen LogP contribution in [0.25, 0.3) is 0 Å². The third-order valence-corrected chi connectivity index (χ3v) is 3.29. The van der Waals surface area contributed by atoms with Crippen molar-refractivity contribution in [2.45, 2.75) is 11.8 Å². The molecule has 0 N–H and O–H groups in total. The quantitative estimate of drug-likeness (QED) is 0.483. The van der Waals surface area contributed by atoms with E-state index in [2.05, 4.69) is 4.74 Å². The molecular weight excluding hydrogens is 282 g/mol. The number of methoxy groups -OCH3 is 1. The SMILES string of the molecule is COC(=O)c1c(OC(C)=O)cccc1SC(=O)N(C)C. The molecule has 0 heterocycles. The Kier molecular flexibility index (Phi) is 5.57. The van der Waals surface area contributed by atoms with E-state index in [-0.39, 0.29) is 16.6 Å². The van der Waals surface area contributed by atoms with Gasteiger partial charge in [0.2, 0.25) is 0 Å². The number of amides is 1. The summed E-state index contributed by atoms with van der Waals surface area (Å²) >= 11 is 0.858. The molecule has 0 saturated heterocycles. The predicted octanol–water partition coefficient (Wildman–Crippen LogP) is 2.17. The summed E-state index contributed by atoms with van der Waals surface area (Å²) < 4.78 is 9.65. The van der Waals surface area contributed by atoms with Gasteiger partial charge in [0, 0.05) is 25.9 Å². The number of carbonyl (C=O) groups is 3. The van der Waals surface area contributed by atoms with Gasteiger partial charge in [0.15, 0.2) is 0 Å². The third kappa shape index (κ3) is 3.99. The van der Waals surface area contributed by atoms with Gasteiger partial charge in [0.1, 0.15) is 11.3 Å². The fourth-order valence-corrected chi connectivity index (χ4v) is 2.13. The smallest absolute Gasteiger partial charge is 0.342 e. The molecule has 108 valence electrons. The Bertz CT molecular complexity index is 542. The topological polar surface area (TPSA) is 72.9 Å². The lowest BCUT2D eigenvalue weighted by Crippen LogP contribution is -2.17. The number of hydrogen-bond donors (Lipinski definition) is 0. The van der Waals surface area contributed by atoms with Crippen LogP contribution in [0.3, 0.4) is 0 Å². The molecule has 0 atom stereocenters. The number of ether oxygens (including phenoxy) is 2. The molecule has 1 rings (SSSR count). The molecular formula is C13H15NO5S. The number of benzene rings is 1. The van der Waals surface area contributed by atoms with Crippen LogP contribution in [0.2, 0.25) is 0 Å². The molecule has 0 unspecified atom stereocenters. The van der Waals surface area contributed by atoms with Crippen molar-refractivity contribution in [1.29, 1.82) is 0 Å². The summed E-state index contributed by atoms with van der Waals surface area (Å²) in [5, 5.41) is -0.255. The van der Waals surface area contributed by atoms with Crippen molar-refractivity contribution < 1.29 is 23.9 Å². The second-order valence-corrected chi connectivity index (χ2v) is 4.97. The maximum Gasteiger partial charge on any atom is 0.342 e. The van der Waals surface area contributed by atoms with E-state index in [1.807, 2.05) is 0 Å². The van der Waals surface area contributed by atoms with Crippen molar-refractivity contribution in [2.75, 3.05) is 21.2 Å². The van der Waals surface area contributed by atoms with Crippen LogP contribution in [-0.2, 0) is 9.53 Å². The lowest BCUT2D eigenvalue weighted by molar-refractivity contribution is -0.131. The van der Waals surface area contributed by atoms with Crippen LogP contribution in [-0.4, -0.2) is 43.3 Å². The van der Waals surface area contributed by atoms with Crippen molar-refractivity contribution in [1.82, 2.24) is 4.90 Å². The average molecular weight is 297 g/mol. The van der Waals surface area contributed by atoms with Crippen molar-refractivity contribution in [3.8, 4) is 5.75 Å². The Morgan fingerprint density at radius 1 is 1.20 bits per heavy atom. The van der Waals surface area contributed by atoms with Crippen molar-refractivity contribution in [3.63, 3.8) is 0 Å². The van der Waals surface area contributed by atoms with Crippen molar-refractivity contribution >= 4 is 28.9 Å². The molecule has 7 heteroatoms. The van der Waals surface area contributed by atoms with Gasteiger partial charge in [-0.05, 0) is 23.9 Å². The van der Waals surface area contributed by atoms with Crippen LogP contribution in [0.1, 0.15) is 17.3 Å². The van der Waals surface area contributed by atoms with Crippen molar-refractivity contribution in [2.24, 2.45) is 0 Å². The third-order valence-electron chi connectivity index (χ3n) is 2.19. The van der Waals surface area contributed by atoms with E-state index in [1.165, 1.54) is 25.0 Å². The maximum absolute atomic E-state index is 11.8. The van der Waals surface area contributed by atoms with Gasteiger partial charge in [-0.1, -0.05) is 6.07 Å². The van der Waals surface area contributed by atoms with Crippen LogP contribution < -0.4 is 4.74 Å². The first-order chi connectivity index (χ1) is 9.36. The Balaban J connectivity index is 3.25. The monoisotopic (exact) mass is 297 g/mol. The first-order valence-corrected chi connectivity index (χ1v) is 6.47. The highest BCUT2D eigenvalue weighted by atomic mass is 32.2. The zero-order chi connectivity index (χ0) is 15.3. The standard InChI is InChI=1S/C13H15NO5S/c1-8(15)19-9-6-5-7-10(11(9)12(16)18-4)20-13(17)14(2)3/h5-7H,1-4H3. The highest BCUT2D eigenvalue weighted by molar-refractivity contribution is 8.13. The molecule has 0 spiro atoms. The molecule has 0 aliphatic rings. The summed E-state index contributed by atoms with van der Waals surface area (Å²) in [5.74, 6) is -1.16. The fourth-order valence-electron chi connectivity index (χ4n) is 1.32. The first-order valence-electron chi connectivity index (χ1n) is 5.65. The molecule has 20 heavy (non-hydrogen) atoms. The molecule has 1 aromatic carbocycles. The van der Waals surface area contributed by atoms with E-state index in [0.717, 1.165) is 11.8 Å². The Morgan fingerprint density at radius 3 is 2.35 bits per heavy atom. The van der Waals surface area contributed by atoms with E-state index < -0.39 is 11.9 Å². The van der Waals surface area contributed by atoms with Crippen LogP contribution in [0.4, 0.5) is 4.79 Å². The summed E-state index contributed by atoms with van der Waals surface area (Å²) in [6.45, 7) is 1.23.